The summed E-state index contributed by atoms with van der Waals surface area (Å²) in [5.41, 5.74) is 2.66. The summed E-state index contributed by atoms with van der Waals surface area (Å²) in [4.78, 5) is 18.7. The van der Waals surface area contributed by atoms with E-state index in [9.17, 15) is 4.79 Å². The van der Waals surface area contributed by atoms with Crippen molar-refractivity contribution in [2.75, 3.05) is 31.6 Å². The number of hydrogen-bond donors (Lipinski definition) is 1. The van der Waals surface area contributed by atoms with Gasteiger partial charge in [-0.3, -0.25) is 9.78 Å². The van der Waals surface area contributed by atoms with E-state index in [1.54, 1.807) is 12.4 Å². The molecule has 1 aromatic heterocycles. The van der Waals surface area contributed by atoms with Gasteiger partial charge in [0, 0.05) is 49.0 Å². The van der Waals surface area contributed by atoms with E-state index in [-0.39, 0.29) is 5.91 Å². The first-order valence-corrected chi connectivity index (χ1v) is 8.90. The summed E-state index contributed by atoms with van der Waals surface area (Å²) in [6, 6.07) is 11.5. The summed E-state index contributed by atoms with van der Waals surface area (Å²) in [5.74, 6) is 0.557. The average molecular weight is 339 g/mol. The fourth-order valence-corrected chi connectivity index (χ4v) is 3.15. The van der Waals surface area contributed by atoms with Gasteiger partial charge in [0.2, 0.25) is 0 Å². The molecule has 5 nitrogen and oxygen atoms in total. The Morgan fingerprint density at radius 3 is 2.64 bits per heavy atom. The molecule has 1 fully saturated rings. The summed E-state index contributed by atoms with van der Waals surface area (Å²) in [6.45, 7) is 5.10. The van der Waals surface area contributed by atoms with Gasteiger partial charge >= 0.3 is 0 Å². The van der Waals surface area contributed by atoms with Crippen LogP contribution in [0.4, 0.5) is 11.4 Å². The van der Waals surface area contributed by atoms with E-state index in [1.807, 2.05) is 48.2 Å². The zero-order valence-electron chi connectivity index (χ0n) is 14.6. The lowest BCUT2D eigenvalue weighted by Crippen LogP contribution is -2.41. The van der Waals surface area contributed by atoms with Crippen LogP contribution < -0.4 is 5.32 Å². The molecule has 1 N–H and O–H groups in total. The van der Waals surface area contributed by atoms with E-state index in [1.165, 1.54) is 0 Å². The van der Waals surface area contributed by atoms with Crippen molar-refractivity contribution < 1.29 is 9.53 Å². The minimum absolute atomic E-state index is 0.108. The Morgan fingerprint density at radius 2 is 1.92 bits per heavy atom. The molecule has 0 unspecified atom stereocenters. The molecule has 1 atom stereocenters. The molecule has 1 aliphatic heterocycles. The van der Waals surface area contributed by atoms with Crippen molar-refractivity contribution in [3.05, 3.63) is 54.4 Å². The van der Waals surface area contributed by atoms with Gasteiger partial charge in [-0.15, -0.1) is 0 Å². The van der Waals surface area contributed by atoms with Crippen LogP contribution in [0.1, 0.15) is 30.1 Å². The van der Waals surface area contributed by atoms with Crippen molar-refractivity contribution in [3.8, 4) is 0 Å². The molecule has 1 aromatic carbocycles. The lowest BCUT2D eigenvalue weighted by Gasteiger charge is -2.32. The zero-order chi connectivity index (χ0) is 17.5. The molecule has 2 aromatic rings. The summed E-state index contributed by atoms with van der Waals surface area (Å²) in [6.07, 6.45) is 5.67. The molecule has 0 bridgehead atoms. The van der Waals surface area contributed by atoms with Crippen molar-refractivity contribution in [2.45, 2.75) is 19.8 Å². The van der Waals surface area contributed by atoms with Crippen LogP contribution in [0, 0.1) is 5.92 Å². The second kappa shape index (κ2) is 8.62. The Hall–Kier alpha value is -2.40. The fourth-order valence-electron chi connectivity index (χ4n) is 3.15. The molecule has 5 heteroatoms. The average Bonchev–Trinajstić information content (AvgIpc) is 2.67. The molecule has 0 saturated carbocycles. The normalized spacial score (nSPS) is 17.3. The Kier molecular flexibility index (Phi) is 6.01. The minimum atomic E-state index is 0.108. The zero-order valence-corrected chi connectivity index (χ0v) is 14.6. The maximum Gasteiger partial charge on any atom is 0.253 e. The Labute approximate surface area is 149 Å². The van der Waals surface area contributed by atoms with E-state index in [4.69, 9.17) is 4.74 Å². The number of amides is 1. The molecule has 1 amide bonds. The van der Waals surface area contributed by atoms with Gasteiger partial charge in [0.1, 0.15) is 0 Å². The number of nitrogens with one attached hydrogen (secondary N) is 1. The predicted octanol–water partition coefficient (Wildman–Crippen LogP) is 3.71. The molecule has 0 aliphatic carbocycles. The number of hydrogen-bond acceptors (Lipinski definition) is 4. The van der Waals surface area contributed by atoms with Gasteiger partial charge in [-0.05, 0) is 62.1 Å². The third-order valence-electron chi connectivity index (χ3n) is 4.46. The highest BCUT2D eigenvalue weighted by molar-refractivity contribution is 5.94. The summed E-state index contributed by atoms with van der Waals surface area (Å²) >= 11 is 0. The highest BCUT2D eigenvalue weighted by Crippen LogP contribution is 2.21. The Bertz CT molecular complexity index is 673. The van der Waals surface area contributed by atoms with Crippen LogP contribution in [0.3, 0.4) is 0 Å². The van der Waals surface area contributed by atoms with Crippen LogP contribution in [0.5, 0.6) is 0 Å². The quantitative estimate of drug-likeness (QED) is 0.871. The summed E-state index contributed by atoms with van der Waals surface area (Å²) in [7, 11) is 0. The van der Waals surface area contributed by atoms with E-state index < -0.39 is 0 Å². The number of carbonyl (C=O) groups excluding carboxylic acids is 1. The molecule has 132 valence electrons. The van der Waals surface area contributed by atoms with Gasteiger partial charge in [0.25, 0.3) is 5.91 Å². The van der Waals surface area contributed by atoms with Crippen molar-refractivity contribution in [2.24, 2.45) is 5.92 Å². The van der Waals surface area contributed by atoms with Crippen LogP contribution in [0.15, 0.2) is 48.8 Å². The molecule has 1 saturated heterocycles. The van der Waals surface area contributed by atoms with E-state index in [0.29, 0.717) is 5.92 Å². The lowest BCUT2D eigenvalue weighted by atomic mass is 9.98. The van der Waals surface area contributed by atoms with Gasteiger partial charge < -0.3 is 15.0 Å². The molecular weight excluding hydrogens is 314 g/mol. The van der Waals surface area contributed by atoms with Crippen molar-refractivity contribution in [1.82, 2.24) is 9.88 Å². The fraction of sp³-hybridized carbons (Fsp3) is 0.400. The molecule has 2 heterocycles. The van der Waals surface area contributed by atoms with Crippen LogP contribution >= 0.6 is 0 Å². The number of pyridine rings is 1. The Balaban J connectivity index is 1.60. The topological polar surface area (TPSA) is 54.5 Å². The van der Waals surface area contributed by atoms with Crippen molar-refractivity contribution in [1.29, 1.82) is 0 Å². The van der Waals surface area contributed by atoms with Crippen LogP contribution in [-0.2, 0) is 4.74 Å². The van der Waals surface area contributed by atoms with Crippen LogP contribution in [0.2, 0.25) is 0 Å². The minimum Gasteiger partial charge on any atom is -0.381 e. The smallest absolute Gasteiger partial charge is 0.253 e. The van der Waals surface area contributed by atoms with E-state index in [0.717, 1.165) is 56.1 Å². The van der Waals surface area contributed by atoms with Crippen LogP contribution in [-0.4, -0.2) is 42.1 Å². The van der Waals surface area contributed by atoms with Gasteiger partial charge in [-0.25, -0.2) is 0 Å². The number of benzene rings is 1. The number of nitrogens with zero attached hydrogens (tertiary/aromatic N) is 2. The first-order valence-electron chi connectivity index (χ1n) is 8.90. The Morgan fingerprint density at radius 1 is 1.20 bits per heavy atom. The number of anilines is 2. The first kappa shape index (κ1) is 17.4. The maximum absolute atomic E-state index is 12.7. The predicted molar refractivity (Wildman–Crippen MR) is 99.1 cm³/mol. The number of carbonyl (C=O) groups is 1. The van der Waals surface area contributed by atoms with Crippen molar-refractivity contribution >= 4 is 17.3 Å². The maximum atomic E-state index is 12.7. The molecular formula is C20H25N3O2. The lowest BCUT2D eigenvalue weighted by molar-refractivity contribution is 0.0501. The number of likely N-dealkylation sites (tertiary alicyclic amines) is 1. The standard InChI is InChI=1S/C20H25N3O2/c1-2-25-15-16-4-3-13-23(14-16)20(24)17-5-7-18(8-6-17)22-19-9-11-21-12-10-19/h5-12,16H,2-4,13-15H2,1H3,(H,21,22)/t16-/m1/s1. The molecule has 1 aliphatic rings. The van der Waals surface area contributed by atoms with E-state index >= 15 is 0 Å². The molecule has 3 rings (SSSR count). The van der Waals surface area contributed by atoms with E-state index in [2.05, 4.69) is 10.3 Å². The second-order valence-corrected chi connectivity index (χ2v) is 6.36. The number of aromatic nitrogens is 1. The monoisotopic (exact) mass is 339 g/mol. The third kappa shape index (κ3) is 4.79. The van der Waals surface area contributed by atoms with Crippen LogP contribution in [0.25, 0.3) is 0 Å². The number of piperidine rings is 1. The molecule has 0 radical (unpaired) electrons. The van der Waals surface area contributed by atoms with Crippen molar-refractivity contribution in [3.63, 3.8) is 0 Å². The molecule has 0 spiro atoms. The SMILES string of the molecule is CCOC[C@@H]1CCCN(C(=O)c2ccc(Nc3ccncc3)cc2)C1. The second-order valence-electron chi connectivity index (χ2n) is 6.36. The van der Waals surface area contributed by atoms with Gasteiger partial charge in [-0.2, -0.15) is 0 Å². The summed E-state index contributed by atoms with van der Waals surface area (Å²) < 4.78 is 5.53. The van der Waals surface area contributed by atoms with Gasteiger partial charge in [0.15, 0.2) is 0 Å². The first-order chi connectivity index (χ1) is 12.3. The number of ether oxygens (including phenoxy) is 1. The van der Waals surface area contributed by atoms with Gasteiger partial charge in [-0.1, -0.05) is 0 Å². The molecule has 25 heavy (non-hydrogen) atoms. The largest absolute Gasteiger partial charge is 0.381 e. The third-order valence-corrected chi connectivity index (χ3v) is 4.46. The summed E-state index contributed by atoms with van der Waals surface area (Å²) in [5, 5.41) is 3.30. The van der Waals surface area contributed by atoms with Gasteiger partial charge in [0.05, 0.1) is 6.61 Å². The highest BCUT2D eigenvalue weighted by Gasteiger charge is 2.24. The highest BCUT2D eigenvalue weighted by atomic mass is 16.5. The number of rotatable bonds is 6.